The fraction of sp³-hybridized carbons (Fsp3) is 0.0400. The molecule has 8 aromatic carbocycles. The zero-order valence-electron chi connectivity index (χ0n) is 28.6. The molecule has 1 nitrogen and oxygen atoms in total. The lowest BCUT2D eigenvalue weighted by Gasteiger charge is -2.35. The highest BCUT2D eigenvalue weighted by molar-refractivity contribution is 9.10. The molecule has 0 radical (unpaired) electrons. The molecular formula is C50H31Br2N. The molecule has 1 heterocycles. The van der Waals surface area contributed by atoms with Crippen LogP contribution in [0.2, 0.25) is 0 Å². The second-order valence-corrected chi connectivity index (χ2v) is 16.0. The van der Waals surface area contributed by atoms with Crippen molar-refractivity contribution in [2.75, 3.05) is 0 Å². The number of fused-ring (bicyclic) bond motifs is 9. The Balaban J connectivity index is 1.23. The molecule has 11 rings (SSSR count). The minimum absolute atomic E-state index is 0.512. The molecule has 53 heavy (non-hydrogen) atoms. The molecule has 2 aliphatic rings. The fourth-order valence-electron chi connectivity index (χ4n) is 9.88. The van der Waals surface area contributed by atoms with Crippen molar-refractivity contribution >= 4 is 53.7 Å². The lowest BCUT2D eigenvalue weighted by atomic mass is 9.67. The molecule has 1 aromatic heterocycles. The quantitative estimate of drug-likeness (QED) is 0.182. The Morgan fingerprint density at radius 1 is 0.321 bits per heavy atom. The van der Waals surface area contributed by atoms with E-state index >= 15 is 0 Å². The maximum Gasteiger partial charge on any atom is 0.0724 e. The molecule has 9 aromatic rings. The third-order valence-electron chi connectivity index (χ3n) is 11.9. The Labute approximate surface area is 325 Å². The summed E-state index contributed by atoms with van der Waals surface area (Å²) >= 11 is 8.04. The van der Waals surface area contributed by atoms with Crippen LogP contribution >= 0.6 is 31.9 Å². The molecule has 3 heteroatoms. The third-order valence-corrected chi connectivity index (χ3v) is 13.3. The Hall–Kier alpha value is -5.48. The largest absolute Gasteiger partial charge is 0.355 e. The van der Waals surface area contributed by atoms with Crippen molar-refractivity contribution in [1.29, 1.82) is 0 Å². The van der Waals surface area contributed by atoms with Gasteiger partial charge in [0.25, 0.3) is 0 Å². The molecular weight excluding hydrogens is 774 g/mol. The van der Waals surface area contributed by atoms with Gasteiger partial charge in [0.1, 0.15) is 0 Å². The number of rotatable bonds is 4. The summed E-state index contributed by atoms with van der Waals surface area (Å²) in [5.74, 6) is 0. The summed E-state index contributed by atoms with van der Waals surface area (Å²) in [4.78, 5) is 3.80. The summed E-state index contributed by atoms with van der Waals surface area (Å²) < 4.78 is 2.20. The van der Waals surface area contributed by atoms with E-state index in [0.29, 0.717) is 0 Å². The first-order valence-corrected chi connectivity index (χ1v) is 19.7. The minimum Gasteiger partial charge on any atom is -0.355 e. The smallest absolute Gasteiger partial charge is 0.0724 e. The Morgan fingerprint density at radius 3 is 0.962 bits per heavy atom. The van der Waals surface area contributed by atoms with Crippen molar-refractivity contribution in [3.8, 4) is 22.3 Å². The second-order valence-electron chi connectivity index (χ2n) is 14.3. The van der Waals surface area contributed by atoms with Crippen LogP contribution in [0.1, 0.15) is 44.5 Å². The molecule has 0 atom stereocenters. The average molecular weight is 806 g/mol. The van der Waals surface area contributed by atoms with Crippen LogP contribution in [-0.2, 0) is 10.8 Å². The van der Waals surface area contributed by atoms with Gasteiger partial charge >= 0.3 is 0 Å². The monoisotopic (exact) mass is 803 g/mol. The zero-order chi connectivity index (χ0) is 35.3. The second kappa shape index (κ2) is 11.5. The topological polar surface area (TPSA) is 15.8 Å². The van der Waals surface area contributed by atoms with Gasteiger partial charge in [-0.05, 0) is 103 Å². The SMILES string of the molecule is Brc1ccccc1C1(c2ccc3[nH]c4ccc(C5(c6ccccc6Br)c6ccccc6-c6ccccc65)cc4c3c2)c2ccccc2-c2ccccc21. The van der Waals surface area contributed by atoms with E-state index in [1.54, 1.807) is 0 Å². The normalized spacial score (nSPS) is 14.5. The Morgan fingerprint density at radius 2 is 0.623 bits per heavy atom. The molecule has 0 unspecified atom stereocenters. The summed E-state index contributed by atoms with van der Waals surface area (Å²) in [5, 5.41) is 2.43. The molecule has 2 aliphatic carbocycles. The van der Waals surface area contributed by atoms with Gasteiger partial charge in [-0.15, -0.1) is 0 Å². The van der Waals surface area contributed by atoms with E-state index in [0.717, 1.165) is 20.0 Å². The maximum absolute atomic E-state index is 4.02. The number of benzene rings is 8. The van der Waals surface area contributed by atoms with Gasteiger partial charge in [-0.3, -0.25) is 0 Å². The Bertz CT molecular complexity index is 2660. The van der Waals surface area contributed by atoms with Crippen LogP contribution in [0.3, 0.4) is 0 Å². The van der Waals surface area contributed by atoms with Crippen LogP contribution in [0.25, 0.3) is 44.1 Å². The summed E-state index contributed by atoms with van der Waals surface area (Å²) in [7, 11) is 0. The van der Waals surface area contributed by atoms with Crippen LogP contribution in [0.4, 0.5) is 0 Å². The van der Waals surface area contributed by atoms with E-state index in [9.17, 15) is 0 Å². The van der Waals surface area contributed by atoms with Gasteiger partial charge < -0.3 is 4.98 Å². The van der Waals surface area contributed by atoms with E-state index in [1.807, 2.05) is 0 Å². The highest BCUT2D eigenvalue weighted by Crippen LogP contribution is 2.59. The molecule has 0 aliphatic heterocycles. The number of nitrogens with one attached hydrogen (secondary N) is 1. The van der Waals surface area contributed by atoms with Gasteiger partial charge in [-0.1, -0.05) is 177 Å². The van der Waals surface area contributed by atoms with E-state index in [1.165, 1.54) is 77.5 Å². The third kappa shape index (κ3) is 4.07. The van der Waals surface area contributed by atoms with E-state index in [4.69, 9.17) is 0 Å². The predicted molar refractivity (Wildman–Crippen MR) is 226 cm³/mol. The zero-order valence-corrected chi connectivity index (χ0v) is 31.7. The molecule has 0 fully saturated rings. The molecule has 0 spiro atoms. The lowest BCUT2D eigenvalue weighted by molar-refractivity contribution is 0.764. The summed E-state index contributed by atoms with van der Waals surface area (Å²) in [6, 6.07) is 67.4. The molecule has 1 N–H and O–H groups in total. The van der Waals surface area contributed by atoms with E-state index < -0.39 is 10.8 Å². The number of hydrogen-bond acceptors (Lipinski definition) is 0. The number of aromatic nitrogens is 1. The number of aromatic amines is 1. The maximum atomic E-state index is 4.02. The molecule has 0 saturated heterocycles. The Kier molecular flexibility index (Phi) is 6.75. The summed E-state index contributed by atoms with van der Waals surface area (Å²) in [6.45, 7) is 0. The van der Waals surface area contributed by atoms with Crippen LogP contribution in [0.15, 0.2) is 191 Å². The fourth-order valence-corrected chi connectivity index (χ4v) is 11.0. The lowest BCUT2D eigenvalue weighted by Crippen LogP contribution is -2.29. The molecule has 0 saturated carbocycles. The standard InChI is InChI=1S/C50H31Br2N/c51-45-23-11-9-21-43(45)49(39-17-5-1-13-33(39)34-14-2-6-18-40(34)49)31-25-27-47-37(29-31)38-30-32(26-28-48(38)53-47)50(44-22-10-12-24-46(44)52)41-19-7-3-15-35(41)36-16-4-8-20-42(36)50/h1-30,53H. The highest BCUT2D eigenvalue weighted by atomic mass is 79.9. The van der Waals surface area contributed by atoms with Gasteiger partial charge in [0, 0.05) is 30.8 Å². The van der Waals surface area contributed by atoms with Crippen LogP contribution in [-0.4, -0.2) is 4.98 Å². The van der Waals surface area contributed by atoms with Crippen molar-refractivity contribution in [2.24, 2.45) is 0 Å². The average Bonchev–Trinajstić information content (AvgIpc) is 3.83. The molecule has 0 amide bonds. The van der Waals surface area contributed by atoms with Crippen LogP contribution in [0, 0.1) is 0 Å². The van der Waals surface area contributed by atoms with Gasteiger partial charge in [0.05, 0.1) is 10.8 Å². The predicted octanol–water partition coefficient (Wildman–Crippen LogP) is 13.6. The molecule has 250 valence electrons. The van der Waals surface area contributed by atoms with Crippen molar-refractivity contribution < 1.29 is 0 Å². The van der Waals surface area contributed by atoms with Crippen LogP contribution in [0.5, 0.6) is 0 Å². The number of H-pyrrole nitrogens is 1. The van der Waals surface area contributed by atoms with Crippen molar-refractivity contribution in [2.45, 2.75) is 10.8 Å². The van der Waals surface area contributed by atoms with Gasteiger partial charge in [0.15, 0.2) is 0 Å². The molecule has 0 bridgehead atoms. The first-order chi connectivity index (χ1) is 26.1. The van der Waals surface area contributed by atoms with Gasteiger partial charge in [-0.25, -0.2) is 0 Å². The number of halogens is 2. The van der Waals surface area contributed by atoms with E-state index in [-0.39, 0.29) is 0 Å². The van der Waals surface area contributed by atoms with Gasteiger partial charge in [0.2, 0.25) is 0 Å². The summed E-state index contributed by atoms with van der Waals surface area (Å²) in [6.07, 6.45) is 0. The first-order valence-electron chi connectivity index (χ1n) is 18.1. The highest BCUT2D eigenvalue weighted by Gasteiger charge is 2.48. The number of hydrogen-bond donors (Lipinski definition) is 1. The van der Waals surface area contributed by atoms with Crippen LogP contribution < -0.4 is 0 Å². The van der Waals surface area contributed by atoms with Crippen molar-refractivity contribution in [3.05, 3.63) is 235 Å². The van der Waals surface area contributed by atoms with Crippen molar-refractivity contribution in [3.63, 3.8) is 0 Å². The minimum atomic E-state index is -0.512. The van der Waals surface area contributed by atoms with Crippen molar-refractivity contribution in [1.82, 2.24) is 4.98 Å². The van der Waals surface area contributed by atoms with E-state index in [2.05, 4.69) is 219 Å². The summed E-state index contributed by atoms with van der Waals surface area (Å²) in [5.41, 5.74) is 16.6. The first kappa shape index (κ1) is 31.1. The van der Waals surface area contributed by atoms with Gasteiger partial charge in [-0.2, -0.15) is 0 Å².